The molecule has 1 aromatic heterocycles. The molecule has 6 nitrogen and oxygen atoms in total. The minimum absolute atomic E-state index is 0.226. The smallest absolute Gasteiger partial charge is 0.150 e. The highest BCUT2D eigenvalue weighted by atomic mass is 16.5. The molecule has 0 spiro atoms. The van der Waals surface area contributed by atoms with Crippen LogP contribution in [0, 0.1) is 5.92 Å². The number of phenolic OH excluding ortho intramolecular Hbond substituents is 1. The normalized spacial score (nSPS) is 20.6. The van der Waals surface area contributed by atoms with Gasteiger partial charge in [0.05, 0.1) is 11.7 Å². The Kier molecular flexibility index (Phi) is 6.13. The lowest BCUT2D eigenvalue weighted by Crippen LogP contribution is -2.35. The van der Waals surface area contributed by atoms with E-state index in [1.165, 1.54) is 6.42 Å². The van der Waals surface area contributed by atoms with Gasteiger partial charge >= 0.3 is 0 Å². The van der Waals surface area contributed by atoms with Gasteiger partial charge in [0.2, 0.25) is 0 Å². The number of aromatic nitrogens is 2. The van der Waals surface area contributed by atoms with Crippen LogP contribution < -0.4 is 9.47 Å². The number of benzene rings is 3. The molecule has 0 saturated carbocycles. The molecule has 3 heterocycles. The number of aromatic amines is 1. The van der Waals surface area contributed by atoms with Crippen molar-refractivity contribution in [2.24, 2.45) is 5.92 Å². The molecule has 0 aliphatic carbocycles. The number of nitrogens with one attached hydrogen (secondary N) is 1. The van der Waals surface area contributed by atoms with Crippen LogP contribution in [0.3, 0.4) is 0 Å². The van der Waals surface area contributed by atoms with Gasteiger partial charge in [0, 0.05) is 29.1 Å². The summed E-state index contributed by atoms with van der Waals surface area (Å²) in [5, 5.41) is 18.4. The highest BCUT2D eigenvalue weighted by Gasteiger charge is 2.30. The molecule has 6 heteroatoms. The van der Waals surface area contributed by atoms with Gasteiger partial charge in [0.25, 0.3) is 0 Å². The average molecular weight is 496 g/mol. The molecule has 190 valence electrons. The van der Waals surface area contributed by atoms with Crippen molar-refractivity contribution in [3.63, 3.8) is 0 Å². The molecule has 0 amide bonds. The summed E-state index contributed by atoms with van der Waals surface area (Å²) in [6.07, 6.45) is 2.81. The summed E-state index contributed by atoms with van der Waals surface area (Å²) in [6.45, 7) is 9.65. The van der Waals surface area contributed by atoms with Crippen molar-refractivity contribution in [3.8, 4) is 17.2 Å². The standard InChI is InChI=1S/C31H33N3O3/c1-19-12-13-34(17-19)20(2)18-36-26-8-4-22(5-9-26)31-30(23-6-10-28-24(14-23)16-32-33-28)21(3)27-15-25(35)7-11-29(27)37-31/h4-11,14-16,19-20,31,35H,12-13,17-18H2,1-3H3,(H,32,33)/t19-,20+,31?/m1/s1. The predicted molar refractivity (Wildman–Crippen MR) is 147 cm³/mol. The lowest BCUT2D eigenvalue weighted by Gasteiger charge is -2.31. The molecule has 1 fully saturated rings. The van der Waals surface area contributed by atoms with E-state index in [-0.39, 0.29) is 11.9 Å². The molecule has 4 aromatic rings. The Bertz CT molecular complexity index is 1460. The SMILES string of the molecule is CC1=C(c2ccc3[nH]ncc3c2)C(c2ccc(OC[C@H](C)N3CC[C@@H](C)C3)cc2)Oc2ccc(O)cc21. The van der Waals surface area contributed by atoms with E-state index in [4.69, 9.17) is 9.47 Å². The Labute approximate surface area is 217 Å². The predicted octanol–water partition coefficient (Wildman–Crippen LogP) is 6.44. The van der Waals surface area contributed by atoms with Crippen LogP contribution in [0.4, 0.5) is 0 Å². The maximum absolute atomic E-state index is 10.2. The molecule has 1 unspecified atom stereocenters. The van der Waals surface area contributed by atoms with E-state index in [9.17, 15) is 5.11 Å². The molecule has 3 atom stereocenters. The zero-order chi connectivity index (χ0) is 25.5. The fourth-order valence-electron chi connectivity index (χ4n) is 5.58. The molecule has 2 N–H and O–H groups in total. The van der Waals surface area contributed by atoms with Crippen molar-refractivity contribution in [3.05, 3.63) is 83.6 Å². The number of allylic oxidation sites excluding steroid dienone is 1. The van der Waals surface area contributed by atoms with Crippen molar-refractivity contribution in [2.45, 2.75) is 39.3 Å². The first-order valence-corrected chi connectivity index (χ1v) is 13.1. The van der Waals surface area contributed by atoms with Crippen LogP contribution in [0.1, 0.15) is 50.0 Å². The number of aromatic hydroxyl groups is 1. The summed E-state index contributed by atoms with van der Waals surface area (Å²) in [7, 11) is 0. The Morgan fingerprint density at radius 3 is 2.76 bits per heavy atom. The van der Waals surface area contributed by atoms with Gasteiger partial charge < -0.3 is 14.6 Å². The quantitative estimate of drug-likeness (QED) is 0.322. The molecular weight excluding hydrogens is 462 g/mol. The number of likely N-dealkylation sites (tertiary alicyclic amines) is 1. The molecule has 3 aromatic carbocycles. The van der Waals surface area contributed by atoms with Crippen LogP contribution in [0.15, 0.2) is 66.9 Å². The molecule has 37 heavy (non-hydrogen) atoms. The van der Waals surface area contributed by atoms with E-state index < -0.39 is 0 Å². The number of fused-ring (bicyclic) bond motifs is 2. The number of ether oxygens (including phenoxy) is 2. The van der Waals surface area contributed by atoms with Gasteiger partial charge in [0.15, 0.2) is 0 Å². The average Bonchev–Trinajstić information content (AvgIpc) is 3.56. The summed E-state index contributed by atoms with van der Waals surface area (Å²) >= 11 is 0. The van der Waals surface area contributed by atoms with Crippen LogP contribution in [0.25, 0.3) is 22.0 Å². The summed E-state index contributed by atoms with van der Waals surface area (Å²) in [5.41, 5.74) is 6.18. The summed E-state index contributed by atoms with van der Waals surface area (Å²) < 4.78 is 12.7. The van der Waals surface area contributed by atoms with E-state index in [0.29, 0.717) is 12.6 Å². The largest absolute Gasteiger partial charge is 0.508 e. The lowest BCUT2D eigenvalue weighted by molar-refractivity contribution is 0.169. The Morgan fingerprint density at radius 2 is 1.97 bits per heavy atom. The van der Waals surface area contributed by atoms with Crippen molar-refractivity contribution in [2.75, 3.05) is 19.7 Å². The van der Waals surface area contributed by atoms with Gasteiger partial charge in [-0.2, -0.15) is 5.10 Å². The molecule has 0 bridgehead atoms. The van der Waals surface area contributed by atoms with Gasteiger partial charge in [-0.3, -0.25) is 10.00 Å². The zero-order valence-electron chi connectivity index (χ0n) is 21.6. The third kappa shape index (κ3) is 4.58. The Balaban J connectivity index is 1.29. The van der Waals surface area contributed by atoms with Crippen molar-refractivity contribution < 1.29 is 14.6 Å². The molecule has 2 aliphatic heterocycles. The number of rotatable bonds is 6. The first kappa shape index (κ1) is 23.6. The second kappa shape index (κ2) is 9.60. The fourth-order valence-corrected chi connectivity index (χ4v) is 5.58. The maximum Gasteiger partial charge on any atom is 0.150 e. The number of H-pyrrole nitrogens is 1. The van der Waals surface area contributed by atoms with Gasteiger partial charge in [-0.25, -0.2) is 0 Å². The molecule has 1 saturated heterocycles. The lowest BCUT2D eigenvalue weighted by atomic mass is 9.86. The van der Waals surface area contributed by atoms with E-state index >= 15 is 0 Å². The van der Waals surface area contributed by atoms with Crippen LogP contribution >= 0.6 is 0 Å². The summed E-state index contributed by atoms with van der Waals surface area (Å²) in [5.74, 6) is 2.63. The number of hydrogen-bond acceptors (Lipinski definition) is 5. The third-order valence-electron chi connectivity index (χ3n) is 7.78. The van der Waals surface area contributed by atoms with Gasteiger partial charge in [-0.15, -0.1) is 0 Å². The van der Waals surface area contributed by atoms with E-state index in [1.807, 2.05) is 30.5 Å². The highest BCUT2D eigenvalue weighted by Crippen LogP contribution is 2.47. The minimum atomic E-state index is -0.291. The van der Waals surface area contributed by atoms with Crippen LogP contribution in [0.2, 0.25) is 0 Å². The maximum atomic E-state index is 10.2. The third-order valence-corrected chi connectivity index (χ3v) is 7.78. The van der Waals surface area contributed by atoms with Crippen molar-refractivity contribution in [1.82, 2.24) is 15.1 Å². The van der Waals surface area contributed by atoms with Crippen LogP contribution in [0.5, 0.6) is 17.2 Å². The van der Waals surface area contributed by atoms with Crippen molar-refractivity contribution in [1.29, 1.82) is 0 Å². The first-order valence-electron chi connectivity index (χ1n) is 13.1. The fraction of sp³-hybridized carbons (Fsp3) is 0.323. The van der Waals surface area contributed by atoms with Crippen molar-refractivity contribution >= 4 is 22.0 Å². The van der Waals surface area contributed by atoms with Gasteiger partial charge in [0.1, 0.15) is 30.0 Å². The Hall–Kier alpha value is -3.77. The van der Waals surface area contributed by atoms with Gasteiger partial charge in [-0.1, -0.05) is 25.1 Å². The van der Waals surface area contributed by atoms with E-state index in [2.05, 4.69) is 60.1 Å². The second-order valence-electron chi connectivity index (χ2n) is 10.5. The van der Waals surface area contributed by atoms with Crippen LogP contribution in [-0.4, -0.2) is 45.9 Å². The highest BCUT2D eigenvalue weighted by molar-refractivity contribution is 5.97. The molecule has 6 rings (SSSR count). The molecule has 2 aliphatic rings. The van der Waals surface area contributed by atoms with E-state index in [1.54, 1.807) is 12.1 Å². The number of hydrogen-bond donors (Lipinski definition) is 2. The topological polar surface area (TPSA) is 70.6 Å². The monoisotopic (exact) mass is 495 g/mol. The molecule has 0 radical (unpaired) electrons. The summed E-state index contributed by atoms with van der Waals surface area (Å²) in [4.78, 5) is 2.51. The minimum Gasteiger partial charge on any atom is -0.508 e. The Morgan fingerprint density at radius 1 is 1.14 bits per heavy atom. The first-order chi connectivity index (χ1) is 18.0. The van der Waals surface area contributed by atoms with E-state index in [0.717, 1.165) is 69.2 Å². The number of nitrogens with zero attached hydrogens (tertiary/aromatic N) is 2. The van der Waals surface area contributed by atoms with Gasteiger partial charge in [-0.05, 0) is 91.9 Å². The number of phenols is 1. The van der Waals surface area contributed by atoms with Crippen LogP contribution in [-0.2, 0) is 0 Å². The summed E-state index contributed by atoms with van der Waals surface area (Å²) in [6, 6.07) is 20.2. The molecular formula is C31H33N3O3. The second-order valence-corrected chi connectivity index (χ2v) is 10.5. The zero-order valence-corrected chi connectivity index (χ0v) is 21.6.